The molecule has 1 amide bonds. The monoisotopic (exact) mass is 415 g/mol. The van der Waals surface area contributed by atoms with Gasteiger partial charge < -0.3 is 4.74 Å². The smallest absolute Gasteiger partial charge is 0.279 e. The lowest BCUT2D eigenvalue weighted by molar-refractivity contribution is -0.126. The molecule has 1 unspecified atom stereocenters. The maximum absolute atomic E-state index is 12.2. The number of aromatic nitrogens is 1. The van der Waals surface area contributed by atoms with Crippen LogP contribution in [-0.4, -0.2) is 17.0 Å². The van der Waals surface area contributed by atoms with Crippen molar-refractivity contribution in [2.75, 3.05) is 5.43 Å². The molecule has 2 aromatic carbocycles. The van der Waals surface area contributed by atoms with Crippen LogP contribution in [0.15, 0.2) is 36.4 Å². The van der Waals surface area contributed by atoms with E-state index in [1.54, 1.807) is 31.2 Å². The van der Waals surface area contributed by atoms with Crippen LogP contribution in [0.2, 0.25) is 15.1 Å². The van der Waals surface area contributed by atoms with Gasteiger partial charge in [-0.05, 0) is 37.3 Å². The highest BCUT2D eigenvalue weighted by Gasteiger charge is 2.17. The molecule has 0 saturated carbocycles. The predicted octanol–water partition coefficient (Wildman–Crippen LogP) is 5.17. The van der Waals surface area contributed by atoms with Gasteiger partial charge in [0.05, 0.1) is 14.7 Å². The zero-order valence-corrected chi connectivity index (χ0v) is 15.9. The number of para-hydroxylation sites is 1. The molecule has 3 rings (SSSR count). The van der Waals surface area contributed by atoms with Crippen LogP contribution in [0.4, 0.5) is 5.13 Å². The number of anilines is 1. The van der Waals surface area contributed by atoms with Crippen molar-refractivity contribution in [3.63, 3.8) is 0 Å². The van der Waals surface area contributed by atoms with Gasteiger partial charge in [0.15, 0.2) is 6.10 Å². The quantitative estimate of drug-likeness (QED) is 0.563. The molecule has 25 heavy (non-hydrogen) atoms. The number of benzene rings is 2. The van der Waals surface area contributed by atoms with Gasteiger partial charge >= 0.3 is 0 Å². The summed E-state index contributed by atoms with van der Waals surface area (Å²) in [5.74, 6) is -0.00291. The van der Waals surface area contributed by atoms with E-state index in [4.69, 9.17) is 39.5 Å². The molecule has 130 valence electrons. The number of hydrogen-bond donors (Lipinski definition) is 2. The van der Waals surface area contributed by atoms with Crippen LogP contribution in [0.3, 0.4) is 0 Å². The van der Waals surface area contributed by atoms with Crippen molar-refractivity contribution in [1.29, 1.82) is 0 Å². The van der Waals surface area contributed by atoms with E-state index < -0.39 is 6.10 Å². The van der Waals surface area contributed by atoms with Gasteiger partial charge in [-0.1, -0.05) is 52.2 Å². The molecule has 0 aliphatic rings. The Hall–Kier alpha value is -1.73. The van der Waals surface area contributed by atoms with Crippen molar-refractivity contribution in [2.45, 2.75) is 13.0 Å². The zero-order valence-electron chi connectivity index (χ0n) is 12.8. The SMILES string of the molecule is CC(Oc1ccc(Cl)cc1Cl)C(=O)NNc1nc2c(Cl)cccc2s1. The third kappa shape index (κ3) is 4.27. The number of rotatable bonds is 5. The first-order chi connectivity index (χ1) is 11.9. The average molecular weight is 417 g/mol. The molecule has 0 bridgehead atoms. The molecular weight excluding hydrogens is 405 g/mol. The third-order valence-electron chi connectivity index (χ3n) is 3.23. The summed E-state index contributed by atoms with van der Waals surface area (Å²) in [6, 6.07) is 10.3. The van der Waals surface area contributed by atoms with Crippen molar-refractivity contribution in [1.82, 2.24) is 10.4 Å². The lowest BCUT2D eigenvalue weighted by Gasteiger charge is -2.15. The van der Waals surface area contributed by atoms with Crippen molar-refractivity contribution >= 4 is 67.4 Å². The summed E-state index contributed by atoms with van der Waals surface area (Å²) in [6.45, 7) is 1.61. The molecule has 1 aromatic heterocycles. The van der Waals surface area contributed by atoms with Crippen molar-refractivity contribution in [3.8, 4) is 5.75 Å². The van der Waals surface area contributed by atoms with Gasteiger partial charge in [-0.2, -0.15) is 0 Å². The van der Waals surface area contributed by atoms with Crippen LogP contribution < -0.4 is 15.6 Å². The van der Waals surface area contributed by atoms with Gasteiger partial charge in [-0.25, -0.2) is 4.98 Å². The number of carbonyl (C=O) groups excluding carboxylic acids is 1. The number of halogens is 3. The number of nitrogens with one attached hydrogen (secondary N) is 2. The predicted molar refractivity (Wildman–Crippen MR) is 103 cm³/mol. The molecule has 0 aliphatic heterocycles. The topological polar surface area (TPSA) is 63.2 Å². The summed E-state index contributed by atoms with van der Waals surface area (Å²) in [7, 11) is 0. The number of nitrogens with zero attached hydrogens (tertiary/aromatic N) is 1. The summed E-state index contributed by atoms with van der Waals surface area (Å²) in [5.41, 5.74) is 6.00. The van der Waals surface area contributed by atoms with E-state index >= 15 is 0 Å². The van der Waals surface area contributed by atoms with E-state index in [0.717, 1.165) is 4.70 Å². The molecule has 1 heterocycles. The van der Waals surface area contributed by atoms with Crippen LogP contribution in [0.25, 0.3) is 10.2 Å². The molecule has 0 radical (unpaired) electrons. The maximum atomic E-state index is 12.2. The Balaban J connectivity index is 1.62. The van der Waals surface area contributed by atoms with E-state index in [-0.39, 0.29) is 5.91 Å². The molecule has 3 aromatic rings. The van der Waals surface area contributed by atoms with Crippen molar-refractivity contribution < 1.29 is 9.53 Å². The summed E-state index contributed by atoms with van der Waals surface area (Å²) in [4.78, 5) is 16.5. The fourth-order valence-electron chi connectivity index (χ4n) is 2.00. The highest BCUT2D eigenvalue weighted by atomic mass is 35.5. The molecule has 9 heteroatoms. The van der Waals surface area contributed by atoms with Crippen LogP contribution in [-0.2, 0) is 4.79 Å². The van der Waals surface area contributed by atoms with Gasteiger partial charge in [0.2, 0.25) is 5.13 Å². The second kappa shape index (κ2) is 7.66. The van der Waals surface area contributed by atoms with Crippen LogP contribution in [0, 0.1) is 0 Å². The fraction of sp³-hybridized carbons (Fsp3) is 0.125. The van der Waals surface area contributed by atoms with Gasteiger partial charge in [0, 0.05) is 5.02 Å². The van der Waals surface area contributed by atoms with E-state index in [1.807, 2.05) is 12.1 Å². The number of hydrazine groups is 1. The summed E-state index contributed by atoms with van der Waals surface area (Å²) in [5, 5.41) is 1.90. The standard InChI is InChI=1S/C16H12Cl3N3O2S/c1-8(24-12-6-5-9(17)7-11(12)19)15(23)21-22-16-20-14-10(18)3-2-4-13(14)25-16/h2-8H,1H3,(H,20,22)(H,21,23). The minimum absolute atomic E-state index is 0.334. The molecule has 0 aliphatic carbocycles. The Labute approximate surface area is 162 Å². The minimum atomic E-state index is -0.774. The number of fused-ring (bicyclic) bond motifs is 1. The first-order valence-electron chi connectivity index (χ1n) is 7.16. The van der Waals surface area contributed by atoms with Crippen LogP contribution in [0.1, 0.15) is 6.92 Å². The lowest BCUT2D eigenvalue weighted by atomic mass is 10.3. The fourth-order valence-corrected chi connectivity index (χ4v) is 3.57. The van der Waals surface area contributed by atoms with Crippen LogP contribution in [0.5, 0.6) is 5.75 Å². The molecular formula is C16H12Cl3N3O2S. The summed E-state index contributed by atoms with van der Waals surface area (Å²) >= 11 is 19.3. The molecule has 0 fully saturated rings. The largest absolute Gasteiger partial charge is 0.479 e. The highest BCUT2D eigenvalue weighted by Crippen LogP contribution is 2.30. The van der Waals surface area contributed by atoms with E-state index in [1.165, 1.54) is 11.3 Å². The summed E-state index contributed by atoms with van der Waals surface area (Å²) < 4.78 is 6.47. The Kier molecular flexibility index (Phi) is 5.54. The first-order valence-corrected chi connectivity index (χ1v) is 9.11. The maximum Gasteiger partial charge on any atom is 0.279 e. The van der Waals surface area contributed by atoms with Gasteiger partial charge in [0.1, 0.15) is 11.3 Å². The number of carbonyl (C=O) groups is 1. The number of thiazole rings is 1. The van der Waals surface area contributed by atoms with Crippen LogP contribution >= 0.6 is 46.1 Å². The lowest BCUT2D eigenvalue weighted by Crippen LogP contribution is -2.39. The Morgan fingerprint density at radius 3 is 2.72 bits per heavy atom. The van der Waals surface area contributed by atoms with E-state index in [9.17, 15) is 4.79 Å². The molecule has 5 nitrogen and oxygen atoms in total. The normalized spacial score (nSPS) is 12.0. The van der Waals surface area contributed by atoms with E-state index in [2.05, 4.69) is 15.8 Å². The van der Waals surface area contributed by atoms with Gasteiger partial charge in [-0.3, -0.25) is 15.6 Å². The van der Waals surface area contributed by atoms with Gasteiger partial charge in [-0.15, -0.1) is 0 Å². The second-order valence-electron chi connectivity index (χ2n) is 5.05. The van der Waals surface area contributed by atoms with E-state index in [0.29, 0.717) is 31.5 Å². The Bertz CT molecular complexity index is 932. The zero-order chi connectivity index (χ0) is 18.0. The minimum Gasteiger partial charge on any atom is -0.479 e. The highest BCUT2D eigenvalue weighted by molar-refractivity contribution is 7.22. The number of hydrogen-bond acceptors (Lipinski definition) is 5. The van der Waals surface area contributed by atoms with Crippen molar-refractivity contribution in [2.24, 2.45) is 0 Å². The molecule has 0 saturated heterocycles. The molecule has 0 spiro atoms. The first kappa shape index (κ1) is 18.1. The number of ether oxygens (including phenoxy) is 1. The van der Waals surface area contributed by atoms with Crippen molar-refractivity contribution in [3.05, 3.63) is 51.5 Å². The van der Waals surface area contributed by atoms with Gasteiger partial charge in [0.25, 0.3) is 5.91 Å². The average Bonchev–Trinajstić information content (AvgIpc) is 2.99. The Morgan fingerprint density at radius 2 is 2.00 bits per heavy atom. The third-order valence-corrected chi connectivity index (χ3v) is 5.00. The Morgan fingerprint density at radius 1 is 1.20 bits per heavy atom. The molecule has 1 atom stereocenters. The summed E-state index contributed by atoms with van der Waals surface area (Å²) in [6.07, 6.45) is -0.774. The number of amides is 1. The molecule has 2 N–H and O–H groups in total. The second-order valence-corrected chi connectivity index (χ2v) is 7.34.